The second-order valence-electron chi connectivity index (χ2n) is 2.95. The molecule has 82 valence electrons. The fourth-order valence-corrected chi connectivity index (χ4v) is 1.09. The van der Waals surface area contributed by atoms with Gasteiger partial charge in [-0.15, -0.1) is 0 Å². The van der Waals surface area contributed by atoms with Gasteiger partial charge in [-0.05, 0) is 6.07 Å². The summed E-state index contributed by atoms with van der Waals surface area (Å²) < 4.78 is 9.39. The summed E-state index contributed by atoms with van der Waals surface area (Å²) in [7, 11) is 2.78. The normalized spacial score (nSPS) is 11.9. The Morgan fingerprint density at radius 2 is 2.27 bits per heavy atom. The van der Waals surface area contributed by atoms with Crippen LogP contribution < -0.4 is 4.74 Å². The molecule has 0 aliphatic carbocycles. The number of carbonyl (C=O) groups excluding carboxylic acids is 1. The largest absolute Gasteiger partial charge is 0.495 e. The van der Waals surface area contributed by atoms with Crippen LogP contribution in [0.5, 0.6) is 5.75 Å². The van der Waals surface area contributed by atoms with Crippen LogP contribution in [0.15, 0.2) is 18.5 Å². The smallest absolute Gasteiger partial charge is 0.308 e. The van der Waals surface area contributed by atoms with Crippen molar-refractivity contribution in [2.24, 2.45) is 0 Å². The van der Waals surface area contributed by atoms with Crippen molar-refractivity contribution in [1.82, 2.24) is 4.98 Å². The van der Waals surface area contributed by atoms with Crippen molar-refractivity contribution < 1.29 is 19.4 Å². The van der Waals surface area contributed by atoms with Gasteiger partial charge in [0.05, 0.1) is 32.9 Å². The first-order valence-corrected chi connectivity index (χ1v) is 4.41. The molecule has 1 aromatic heterocycles. The van der Waals surface area contributed by atoms with Gasteiger partial charge in [0.25, 0.3) is 0 Å². The van der Waals surface area contributed by atoms with E-state index in [1.54, 1.807) is 6.07 Å². The van der Waals surface area contributed by atoms with Crippen molar-refractivity contribution in [2.45, 2.75) is 12.5 Å². The Kier molecular flexibility index (Phi) is 4.05. The predicted molar refractivity (Wildman–Crippen MR) is 52.4 cm³/mol. The molecule has 0 unspecified atom stereocenters. The molecule has 0 saturated heterocycles. The van der Waals surface area contributed by atoms with Gasteiger partial charge < -0.3 is 14.6 Å². The molecule has 1 atom stereocenters. The molecule has 0 aromatic carbocycles. The van der Waals surface area contributed by atoms with E-state index in [1.807, 2.05) is 0 Å². The van der Waals surface area contributed by atoms with Crippen molar-refractivity contribution in [3.63, 3.8) is 0 Å². The van der Waals surface area contributed by atoms with Crippen LogP contribution in [0, 0.1) is 0 Å². The van der Waals surface area contributed by atoms with Crippen molar-refractivity contribution >= 4 is 5.97 Å². The Bertz CT molecular complexity index is 340. The van der Waals surface area contributed by atoms with Crippen LogP contribution in [0.2, 0.25) is 0 Å². The van der Waals surface area contributed by atoms with Gasteiger partial charge in [0.1, 0.15) is 5.75 Å². The van der Waals surface area contributed by atoms with E-state index in [1.165, 1.54) is 26.6 Å². The second kappa shape index (κ2) is 5.31. The number of carbonyl (C=O) groups is 1. The molecule has 15 heavy (non-hydrogen) atoms. The number of pyridine rings is 1. The van der Waals surface area contributed by atoms with Gasteiger partial charge in [-0.25, -0.2) is 0 Å². The first-order valence-electron chi connectivity index (χ1n) is 4.41. The maximum Gasteiger partial charge on any atom is 0.308 e. The molecule has 0 saturated carbocycles. The zero-order valence-electron chi connectivity index (χ0n) is 8.64. The van der Waals surface area contributed by atoms with Gasteiger partial charge in [0, 0.05) is 11.8 Å². The van der Waals surface area contributed by atoms with Crippen molar-refractivity contribution in [3.8, 4) is 5.75 Å². The lowest BCUT2D eigenvalue weighted by molar-refractivity contribution is -0.142. The summed E-state index contributed by atoms with van der Waals surface area (Å²) >= 11 is 0. The summed E-state index contributed by atoms with van der Waals surface area (Å²) in [6.07, 6.45) is 2.00. The van der Waals surface area contributed by atoms with Crippen LogP contribution in [0.25, 0.3) is 0 Å². The third kappa shape index (κ3) is 3.21. The number of aliphatic hydroxyl groups excluding tert-OH is 1. The molecule has 5 nitrogen and oxygen atoms in total. The minimum atomic E-state index is -0.917. The lowest BCUT2D eigenvalue weighted by Gasteiger charge is -2.09. The zero-order chi connectivity index (χ0) is 11.3. The van der Waals surface area contributed by atoms with Crippen molar-refractivity contribution in [1.29, 1.82) is 0 Å². The first kappa shape index (κ1) is 11.5. The average molecular weight is 211 g/mol. The van der Waals surface area contributed by atoms with Gasteiger partial charge >= 0.3 is 5.97 Å². The van der Waals surface area contributed by atoms with Crippen LogP contribution in [0.4, 0.5) is 0 Å². The standard InChI is InChI=1S/C10H13NO4/c1-14-8-3-7(5-11-6-8)9(12)4-10(13)15-2/h3,5-6,9,12H,4H2,1-2H3/t9-/m0/s1. The third-order valence-electron chi connectivity index (χ3n) is 1.94. The molecule has 5 heteroatoms. The lowest BCUT2D eigenvalue weighted by Crippen LogP contribution is -2.08. The Hall–Kier alpha value is -1.62. The number of aliphatic hydroxyl groups is 1. The van der Waals surface area contributed by atoms with Crippen LogP contribution in [0.1, 0.15) is 18.1 Å². The Morgan fingerprint density at radius 1 is 1.53 bits per heavy atom. The summed E-state index contributed by atoms with van der Waals surface area (Å²) in [6, 6.07) is 1.63. The Labute approximate surface area is 87.7 Å². The summed E-state index contributed by atoms with van der Waals surface area (Å²) in [6.45, 7) is 0. The molecular formula is C10H13NO4. The van der Waals surface area contributed by atoms with Gasteiger partial charge in [-0.3, -0.25) is 9.78 Å². The van der Waals surface area contributed by atoms with Gasteiger partial charge in [-0.2, -0.15) is 0 Å². The minimum Gasteiger partial charge on any atom is -0.495 e. The Morgan fingerprint density at radius 3 is 2.87 bits per heavy atom. The number of esters is 1. The molecule has 0 aliphatic rings. The molecule has 0 amide bonds. The quantitative estimate of drug-likeness (QED) is 0.742. The van der Waals surface area contributed by atoms with Crippen LogP contribution in [-0.4, -0.2) is 30.3 Å². The fraction of sp³-hybridized carbons (Fsp3) is 0.400. The fourth-order valence-electron chi connectivity index (χ4n) is 1.09. The zero-order valence-corrected chi connectivity index (χ0v) is 8.64. The van der Waals surface area contributed by atoms with E-state index in [0.29, 0.717) is 11.3 Å². The van der Waals surface area contributed by atoms with E-state index in [4.69, 9.17) is 4.74 Å². The van der Waals surface area contributed by atoms with Crippen molar-refractivity contribution in [2.75, 3.05) is 14.2 Å². The number of methoxy groups -OCH3 is 2. The topological polar surface area (TPSA) is 68.7 Å². The van der Waals surface area contributed by atoms with E-state index in [9.17, 15) is 9.90 Å². The van der Waals surface area contributed by atoms with Gasteiger partial charge in [0.15, 0.2) is 0 Å². The van der Waals surface area contributed by atoms with Gasteiger partial charge in [-0.1, -0.05) is 0 Å². The monoisotopic (exact) mass is 211 g/mol. The second-order valence-corrected chi connectivity index (χ2v) is 2.95. The minimum absolute atomic E-state index is 0.0919. The molecule has 1 rings (SSSR count). The molecule has 0 fully saturated rings. The maximum atomic E-state index is 10.9. The summed E-state index contributed by atoms with van der Waals surface area (Å²) in [4.78, 5) is 14.8. The molecule has 0 radical (unpaired) electrons. The number of hydrogen-bond acceptors (Lipinski definition) is 5. The molecule has 1 heterocycles. The van der Waals surface area contributed by atoms with E-state index in [2.05, 4.69) is 9.72 Å². The number of nitrogens with zero attached hydrogens (tertiary/aromatic N) is 1. The molecule has 0 aliphatic heterocycles. The summed E-state index contributed by atoms with van der Waals surface area (Å²) in [5.41, 5.74) is 0.528. The predicted octanol–water partition coefficient (Wildman–Crippen LogP) is 0.687. The number of aromatic nitrogens is 1. The van der Waals surface area contributed by atoms with Crippen LogP contribution >= 0.6 is 0 Å². The highest BCUT2D eigenvalue weighted by Gasteiger charge is 2.14. The van der Waals surface area contributed by atoms with Gasteiger partial charge in [0.2, 0.25) is 0 Å². The molecule has 0 bridgehead atoms. The maximum absolute atomic E-state index is 10.9. The van der Waals surface area contributed by atoms with E-state index >= 15 is 0 Å². The number of ether oxygens (including phenoxy) is 2. The molecular weight excluding hydrogens is 198 g/mol. The highest BCUT2D eigenvalue weighted by Crippen LogP contribution is 2.20. The van der Waals surface area contributed by atoms with Crippen LogP contribution in [0.3, 0.4) is 0 Å². The molecule has 0 spiro atoms. The highest BCUT2D eigenvalue weighted by molar-refractivity contribution is 5.70. The first-order chi connectivity index (χ1) is 7.17. The lowest BCUT2D eigenvalue weighted by atomic mass is 10.1. The summed E-state index contributed by atoms with van der Waals surface area (Å²) in [5, 5.41) is 9.65. The average Bonchev–Trinajstić information content (AvgIpc) is 2.28. The molecule has 1 N–H and O–H groups in total. The molecule has 1 aromatic rings. The highest BCUT2D eigenvalue weighted by atomic mass is 16.5. The van der Waals surface area contributed by atoms with E-state index < -0.39 is 12.1 Å². The SMILES string of the molecule is COC(=O)C[C@H](O)c1cncc(OC)c1. The van der Waals surface area contributed by atoms with Crippen LogP contribution in [-0.2, 0) is 9.53 Å². The number of rotatable bonds is 4. The number of hydrogen-bond donors (Lipinski definition) is 1. The summed E-state index contributed by atoms with van der Waals surface area (Å²) in [5.74, 6) is 0.0711. The van der Waals surface area contributed by atoms with E-state index in [-0.39, 0.29) is 6.42 Å². The Balaban J connectivity index is 2.72. The van der Waals surface area contributed by atoms with E-state index in [0.717, 1.165) is 0 Å². The third-order valence-corrected chi connectivity index (χ3v) is 1.94. The van der Waals surface area contributed by atoms with Crippen molar-refractivity contribution in [3.05, 3.63) is 24.0 Å².